The minimum atomic E-state index is -4.60. The maximum absolute atomic E-state index is 11.5. The fourth-order valence-electron chi connectivity index (χ4n) is 0.736. The number of pyridine rings is 1. The lowest BCUT2D eigenvalue weighted by Gasteiger charge is -2.07. The Kier molecular flexibility index (Phi) is 3.70. The van der Waals surface area contributed by atoms with Crippen LogP contribution in [0.15, 0.2) is 24.4 Å². The van der Waals surface area contributed by atoms with Gasteiger partial charge in [0.25, 0.3) is 0 Å². The molecule has 1 aromatic heterocycles. The molecule has 6 heteroatoms. The van der Waals surface area contributed by atoms with Crippen LogP contribution in [-0.2, 0) is 4.74 Å². The first-order valence-electron chi connectivity index (χ1n) is 3.82. The zero-order chi connectivity index (χ0) is 10.4. The molecule has 0 atom stereocenters. The number of alkyl halides is 3. The Morgan fingerprint density at radius 1 is 1.21 bits per heavy atom. The van der Waals surface area contributed by atoms with Crippen molar-refractivity contribution in [2.75, 3.05) is 13.2 Å². The highest BCUT2D eigenvalue weighted by atomic mass is 19.4. The fourth-order valence-corrected chi connectivity index (χ4v) is 0.736. The number of hydrogen-bond donors (Lipinski definition) is 0. The van der Waals surface area contributed by atoms with Gasteiger partial charge in [-0.15, -0.1) is 13.2 Å². The molecule has 0 saturated carbocycles. The molecule has 78 valence electrons. The van der Waals surface area contributed by atoms with Crippen LogP contribution in [0.1, 0.15) is 0 Å². The van der Waals surface area contributed by atoms with Crippen molar-refractivity contribution in [1.29, 1.82) is 0 Å². The van der Waals surface area contributed by atoms with Crippen molar-refractivity contribution < 1.29 is 22.6 Å². The van der Waals surface area contributed by atoms with Crippen LogP contribution in [0, 0.1) is 0 Å². The topological polar surface area (TPSA) is 31.4 Å². The van der Waals surface area contributed by atoms with E-state index in [0.717, 1.165) is 0 Å². The normalized spacial score (nSPS) is 11.4. The summed E-state index contributed by atoms with van der Waals surface area (Å²) in [6, 6.07) is 4.90. The van der Waals surface area contributed by atoms with Crippen LogP contribution in [0.25, 0.3) is 0 Å². The van der Waals surface area contributed by atoms with Gasteiger partial charge >= 0.3 is 6.36 Å². The lowest BCUT2D eigenvalue weighted by Crippen LogP contribution is -2.18. The highest BCUT2D eigenvalue weighted by Gasteiger charge is 2.28. The second kappa shape index (κ2) is 4.80. The monoisotopic (exact) mass is 207 g/mol. The molecule has 0 fully saturated rings. The van der Waals surface area contributed by atoms with Gasteiger partial charge in [0.1, 0.15) is 6.61 Å². The lowest BCUT2D eigenvalue weighted by molar-refractivity contribution is -0.325. The molecule has 0 amide bonds. The molecular formula is C8H8F3NO2. The molecule has 0 aliphatic rings. The van der Waals surface area contributed by atoms with Crippen LogP contribution in [0.4, 0.5) is 13.2 Å². The number of nitrogens with zero attached hydrogens (tertiary/aromatic N) is 1. The van der Waals surface area contributed by atoms with Crippen LogP contribution >= 0.6 is 0 Å². The highest BCUT2D eigenvalue weighted by molar-refractivity contribution is 5.08. The molecule has 1 heterocycles. The Hall–Kier alpha value is -1.30. The van der Waals surface area contributed by atoms with Gasteiger partial charge in [-0.1, -0.05) is 6.07 Å². The molecule has 0 bridgehead atoms. The smallest absolute Gasteiger partial charge is 0.475 e. The molecule has 0 aromatic carbocycles. The van der Waals surface area contributed by atoms with Crippen LogP contribution in [0.5, 0.6) is 5.88 Å². The van der Waals surface area contributed by atoms with E-state index in [1.165, 1.54) is 6.20 Å². The summed E-state index contributed by atoms with van der Waals surface area (Å²) >= 11 is 0. The molecule has 14 heavy (non-hydrogen) atoms. The minimum Gasteiger partial charge on any atom is -0.475 e. The summed E-state index contributed by atoms with van der Waals surface area (Å²) in [6.45, 7) is -0.726. The summed E-state index contributed by atoms with van der Waals surface area (Å²) in [5, 5.41) is 0. The first kappa shape index (κ1) is 10.8. The first-order valence-corrected chi connectivity index (χ1v) is 3.82. The molecule has 0 radical (unpaired) electrons. The molecule has 1 aromatic rings. The van der Waals surface area contributed by atoms with Crippen LogP contribution in [-0.4, -0.2) is 24.6 Å². The van der Waals surface area contributed by atoms with Crippen LogP contribution in [0.3, 0.4) is 0 Å². The van der Waals surface area contributed by atoms with Crippen LogP contribution in [0.2, 0.25) is 0 Å². The van der Waals surface area contributed by atoms with E-state index in [1.54, 1.807) is 18.2 Å². The summed E-state index contributed by atoms with van der Waals surface area (Å²) in [5.41, 5.74) is 0. The van der Waals surface area contributed by atoms with E-state index < -0.39 is 13.0 Å². The van der Waals surface area contributed by atoms with Gasteiger partial charge in [0.05, 0.1) is 6.61 Å². The van der Waals surface area contributed by atoms with Gasteiger partial charge in [-0.05, 0) is 6.07 Å². The third kappa shape index (κ3) is 4.66. The zero-order valence-corrected chi connectivity index (χ0v) is 7.12. The number of ether oxygens (including phenoxy) is 2. The molecule has 1 rings (SSSR count). The summed E-state index contributed by atoms with van der Waals surface area (Å²) in [5.74, 6) is 0.276. The van der Waals surface area contributed by atoms with Crippen molar-refractivity contribution >= 4 is 0 Å². The van der Waals surface area contributed by atoms with Gasteiger partial charge < -0.3 is 4.74 Å². The largest absolute Gasteiger partial charge is 0.522 e. The van der Waals surface area contributed by atoms with Crippen molar-refractivity contribution in [1.82, 2.24) is 4.98 Å². The van der Waals surface area contributed by atoms with Crippen LogP contribution < -0.4 is 4.74 Å². The predicted molar refractivity (Wildman–Crippen MR) is 41.7 cm³/mol. The zero-order valence-electron chi connectivity index (χ0n) is 7.12. The van der Waals surface area contributed by atoms with Crippen molar-refractivity contribution in [2.45, 2.75) is 6.36 Å². The molecule has 0 saturated heterocycles. The van der Waals surface area contributed by atoms with Crippen molar-refractivity contribution in [3.8, 4) is 5.88 Å². The third-order valence-electron chi connectivity index (χ3n) is 1.24. The summed E-state index contributed by atoms with van der Waals surface area (Å²) in [4.78, 5) is 3.75. The summed E-state index contributed by atoms with van der Waals surface area (Å²) in [7, 11) is 0. The lowest BCUT2D eigenvalue weighted by atomic mass is 10.5. The second-order valence-electron chi connectivity index (χ2n) is 2.31. The molecule has 0 unspecified atom stereocenters. The maximum atomic E-state index is 11.5. The van der Waals surface area contributed by atoms with E-state index in [-0.39, 0.29) is 12.5 Å². The molecule has 0 aliphatic heterocycles. The average Bonchev–Trinajstić information content (AvgIpc) is 2.13. The highest BCUT2D eigenvalue weighted by Crippen LogP contribution is 2.15. The Labute approximate surface area is 78.5 Å². The molecule has 0 spiro atoms. The molecule has 0 N–H and O–H groups in total. The predicted octanol–water partition coefficient (Wildman–Crippen LogP) is 2.00. The van der Waals surface area contributed by atoms with E-state index in [2.05, 4.69) is 9.72 Å². The Balaban J connectivity index is 2.17. The molecule has 3 nitrogen and oxygen atoms in total. The second-order valence-corrected chi connectivity index (χ2v) is 2.31. The van der Waals surface area contributed by atoms with E-state index in [4.69, 9.17) is 4.74 Å². The number of rotatable bonds is 4. The standard InChI is InChI=1S/C8H8F3NO2/c9-8(10,11)14-6-5-13-7-3-1-2-4-12-7/h1-4H,5-6H2. The first-order chi connectivity index (χ1) is 6.58. The van der Waals surface area contributed by atoms with E-state index in [0.29, 0.717) is 0 Å². The summed E-state index contributed by atoms with van der Waals surface area (Å²) in [6.07, 6.45) is -3.12. The van der Waals surface area contributed by atoms with Crippen molar-refractivity contribution in [3.63, 3.8) is 0 Å². The number of halogens is 3. The van der Waals surface area contributed by atoms with E-state index in [9.17, 15) is 13.2 Å². The molecular weight excluding hydrogens is 199 g/mol. The molecule has 0 aliphatic carbocycles. The SMILES string of the molecule is FC(F)(F)OCCOc1ccccn1. The number of hydrogen-bond acceptors (Lipinski definition) is 3. The quantitative estimate of drug-likeness (QED) is 0.707. The van der Waals surface area contributed by atoms with E-state index in [1.807, 2.05) is 0 Å². The van der Waals surface area contributed by atoms with Crippen molar-refractivity contribution in [2.24, 2.45) is 0 Å². The minimum absolute atomic E-state index is 0.184. The van der Waals surface area contributed by atoms with Gasteiger partial charge in [-0.2, -0.15) is 0 Å². The van der Waals surface area contributed by atoms with Gasteiger partial charge in [-0.3, -0.25) is 4.74 Å². The Morgan fingerprint density at radius 3 is 2.57 bits per heavy atom. The third-order valence-corrected chi connectivity index (χ3v) is 1.24. The Bertz CT molecular complexity index is 263. The van der Waals surface area contributed by atoms with Gasteiger partial charge in [0.15, 0.2) is 0 Å². The Morgan fingerprint density at radius 2 is 2.00 bits per heavy atom. The van der Waals surface area contributed by atoms with Gasteiger partial charge in [0.2, 0.25) is 5.88 Å². The van der Waals surface area contributed by atoms with Gasteiger partial charge in [0, 0.05) is 12.3 Å². The van der Waals surface area contributed by atoms with E-state index >= 15 is 0 Å². The van der Waals surface area contributed by atoms with Gasteiger partial charge in [-0.25, -0.2) is 4.98 Å². The number of aromatic nitrogens is 1. The average molecular weight is 207 g/mol. The fraction of sp³-hybridized carbons (Fsp3) is 0.375. The maximum Gasteiger partial charge on any atom is 0.522 e. The van der Waals surface area contributed by atoms with Crippen molar-refractivity contribution in [3.05, 3.63) is 24.4 Å². The summed E-state index contributed by atoms with van der Waals surface area (Å²) < 4.78 is 42.8.